The number of hydrogen-bond acceptors (Lipinski definition) is 3. The summed E-state index contributed by atoms with van der Waals surface area (Å²) in [6.07, 6.45) is 6.36. The molecule has 0 amide bonds. The average molecular weight is 305 g/mol. The number of hydrogen-bond donors (Lipinski definition) is 2. The molecule has 3 nitrogen and oxygen atoms in total. The second-order valence-electron chi connectivity index (χ2n) is 7.60. The van der Waals surface area contributed by atoms with Gasteiger partial charge in [-0.25, -0.2) is 0 Å². The van der Waals surface area contributed by atoms with Crippen LogP contribution in [-0.4, -0.2) is 16.3 Å². The van der Waals surface area contributed by atoms with E-state index in [4.69, 9.17) is 4.84 Å². The molecule has 2 N–H and O–H groups in total. The van der Waals surface area contributed by atoms with Gasteiger partial charge in [0.15, 0.2) is 0 Å². The number of nitrogens with one attached hydrogen (secondary N) is 1. The Hall–Kier alpha value is -0.900. The Kier molecular flexibility index (Phi) is 5.31. The maximum atomic E-state index is 10.1. The third-order valence-corrected chi connectivity index (χ3v) is 5.08. The summed E-state index contributed by atoms with van der Waals surface area (Å²) in [5, 5.41) is 10.1. The van der Waals surface area contributed by atoms with E-state index in [2.05, 4.69) is 24.5 Å². The third kappa shape index (κ3) is 4.09. The molecule has 0 unspecified atom stereocenters. The van der Waals surface area contributed by atoms with E-state index < -0.39 is 11.2 Å². The highest BCUT2D eigenvalue weighted by Gasteiger charge is 2.36. The highest BCUT2D eigenvalue weighted by atomic mass is 16.7. The lowest BCUT2D eigenvalue weighted by Crippen LogP contribution is -2.50. The molecule has 0 bridgehead atoms. The molecular formula is C19H31NO2. The first-order chi connectivity index (χ1) is 10.2. The fraction of sp³-hybridized carbons (Fsp3) is 0.684. The van der Waals surface area contributed by atoms with Gasteiger partial charge in [-0.3, -0.25) is 4.84 Å². The van der Waals surface area contributed by atoms with Crippen LogP contribution in [0.5, 0.6) is 0 Å². The van der Waals surface area contributed by atoms with Crippen molar-refractivity contribution in [3.63, 3.8) is 0 Å². The summed E-state index contributed by atoms with van der Waals surface area (Å²) in [5.74, 6) is 0. The van der Waals surface area contributed by atoms with Gasteiger partial charge in [-0.05, 0) is 82.6 Å². The summed E-state index contributed by atoms with van der Waals surface area (Å²) >= 11 is 0. The number of hydroxylamine groups is 1. The maximum absolute atomic E-state index is 10.1. The second kappa shape index (κ2) is 6.69. The first kappa shape index (κ1) is 17.5. The average Bonchev–Trinajstić information content (AvgIpc) is 2.62. The van der Waals surface area contributed by atoms with Crippen molar-refractivity contribution in [3.05, 3.63) is 34.4 Å². The molecule has 0 spiro atoms. The zero-order valence-electron chi connectivity index (χ0n) is 14.8. The maximum Gasteiger partial charge on any atom is 0.112 e. The Bertz CT molecular complexity index is 515. The van der Waals surface area contributed by atoms with Crippen molar-refractivity contribution in [2.45, 2.75) is 84.5 Å². The van der Waals surface area contributed by atoms with Crippen molar-refractivity contribution in [2.24, 2.45) is 0 Å². The van der Waals surface area contributed by atoms with E-state index in [9.17, 15) is 5.11 Å². The van der Waals surface area contributed by atoms with Crippen LogP contribution in [0.2, 0.25) is 0 Å². The lowest BCUT2D eigenvalue weighted by Gasteiger charge is -2.36. The van der Waals surface area contributed by atoms with Crippen molar-refractivity contribution < 1.29 is 9.94 Å². The van der Waals surface area contributed by atoms with Gasteiger partial charge in [0, 0.05) is 6.54 Å². The normalized spacial score (nSPS) is 16.3. The van der Waals surface area contributed by atoms with E-state index in [1.54, 1.807) is 19.4 Å². The zero-order chi connectivity index (χ0) is 16.4. The Balaban J connectivity index is 2.02. The van der Waals surface area contributed by atoms with Gasteiger partial charge in [-0.1, -0.05) is 18.6 Å². The van der Waals surface area contributed by atoms with Crippen LogP contribution in [0.1, 0.15) is 69.2 Å². The Morgan fingerprint density at radius 1 is 1.09 bits per heavy atom. The lowest BCUT2D eigenvalue weighted by atomic mass is 9.90. The molecule has 1 aromatic rings. The van der Waals surface area contributed by atoms with Crippen LogP contribution in [0.4, 0.5) is 0 Å². The van der Waals surface area contributed by atoms with Crippen LogP contribution in [0, 0.1) is 6.92 Å². The molecule has 3 heteroatoms. The molecule has 0 heterocycles. The van der Waals surface area contributed by atoms with Crippen molar-refractivity contribution >= 4 is 0 Å². The van der Waals surface area contributed by atoms with Gasteiger partial charge in [0.25, 0.3) is 0 Å². The SMILES string of the molecule is Cc1cc(CNOC(C)(C)C(C)(C)O)cc2c1CCCCC2. The number of aryl methyl sites for hydroxylation is 2. The Labute approximate surface area is 135 Å². The largest absolute Gasteiger partial charge is 0.387 e. The molecule has 1 aliphatic rings. The predicted molar refractivity (Wildman–Crippen MR) is 90.7 cm³/mol. The smallest absolute Gasteiger partial charge is 0.112 e. The van der Waals surface area contributed by atoms with Gasteiger partial charge in [-0.2, -0.15) is 5.48 Å². The second-order valence-corrected chi connectivity index (χ2v) is 7.60. The third-order valence-electron chi connectivity index (χ3n) is 5.08. The van der Waals surface area contributed by atoms with Crippen LogP contribution in [0.25, 0.3) is 0 Å². The van der Waals surface area contributed by atoms with E-state index in [1.807, 2.05) is 13.8 Å². The predicted octanol–water partition coefficient (Wildman–Crippen LogP) is 3.83. The number of benzene rings is 1. The van der Waals surface area contributed by atoms with Crippen LogP contribution in [0.15, 0.2) is 12.1 Å². The molecule has 124 valence electrons. The lowest BCUT2D eigenvalue weighted by molar-refractivity contribution is -0.184. The fourth-order valence-corrected chi connectivity index (χ4v) is 2.87. The molecule has 0 radical (unpaired) electrons. The standard InChI is InChI=1S/C19H31NO2/c1-14-11-15(12-16-9-7-6-8-10-17(14)16)13-20-22-19(4,5)18(2,3)21/h11-12,20-21H,6-10,13H2,1-5H3. The Morgan fingerprint density at radius 3 is 2.45 bits per heavy atom. The fourth-order valence-electron chi connectivity index (χ4n) is 2.87. The topological polar surface area (TPSA) is 41.5 Å². The van der Waals surface area contributed by atoms with Crippen LogP contribution in [0.3, 0.4) is 0 Å². The highest BCUT2D eigenvalue weighted by molar-refractivity contribution is 5.39. The Morgan fingerprint density at radius 2 is 1.77 bits per heavy atom. The van der Waals surface area contributed by atoms with Gasteiger partial charge < -0.3 is 5.11 Å². The highest BCUT2D eigenvalue weighted by Crippen LogP contribution is 2.26. The van der Waals surface area contributed by atoms with Gasteiger partial charge >= 0.3 is 0 Å². The molecule has 22 heavy (non-hydrogen) atoms. The molecule has 0 saturated heterocycles. The van der Waals surface area contributed by atoms with Crippen LogP contribution >= 0.6 is 0 Å². The van der Waals surface area contributed by atoms with Crippen molar-refractivity contribution in [1.29, 1.82) is 0 Å². The number of fused-ring (bicyclic) bond motifs is 1. The molecule has 0 aliphatic heterocycles. The summed E-state index contributed by atoms with van der Waals surface area (Å²) in [6, 6.07) is 4.58. The summed E-state index contributed by atoms with van der Waals surface area (Å²) in [5.41, 5.74) is 7.21. The van der Waals surface area contributed by atoms with Crippen molar-refractivity contribution in [1.82, 2.24) is 5.48 Å². The van der Waals surface area contributed by atoms with E-state index in [1.165, 1.54) is 48.8 Å². The molecule has 2 rings (SSSR count). The van der Waals surface area contributed by atoms with E-state index in [0.29, 0.717) is 6.54 Å². The summed E-state index contributed by atoms with van der Waals surface area (Å²) in [4.78, 5) is 5.71. The van der Waals surface area contributed by atoms with E-state index in [-0.39, 0.29) is 0 Å². The van der Waals surface area contributed by atoms with Crippen molar-refractivity contribution in [3.8, 4) is 0 Å². The van der Waals surface area contributed by atoms with Gasteiger partial charge in [0.1, 0.15) is 5.60 Å². The van der Waals surface area contributed by atoms with Gasteiger partial charge in [0.2, 0.25) is 0 Å². The molecular weight excluding hydrogens is 274 g/mol. The molecule has 0 atom stereocenters. The summed E-state index contributed by atoms with van der Waals surface area (Å²) in [7, 11) is 0. The molecule has 1 aliphatic carbocycles. The quantitative estimate of drug-likeness (QED) is 0.641. The van der Waals surface area contributed by atoms with Gasteiger partial charge in [-0.15, -0.1) is 0 Å². The molecule has 0 fully saturated rings. The van der Waals surface area contributed by atoms with E-state index >= 15 is 0 Å². The minimum Gasteiger partial charge on any atom is -0.387 e. The van der Waals surface area contributed by atoms with Crippen LogP contribution < -0.4 is 5.48 Å². The number of aliphatic hydroxyl groups is 1. The van der Waals surface area contributed by atoms with E-state index in [0.717, 1.165) is 0 Å². The first-order valence-corrected chi connectivity index (χ1v) is 8.45. The minimum atomic E-state index is -0.899. The van der Waals surface area contributed by atoms with Crippen LogP contribution in [-0.2, 0) is 24.2 Å². The summed E-state index contributed by atoms with van der Waals surface area (Å²) in [6.45, 7) is 10.2. The zero-order valence-corrected chi connectivity index (χ0v) is 14.8. The monoisotopic (exact) mass is 305 g/mol. The molecule has 0 aromatic heterocycles. The molecule has 0 saturated carbocycles. The van der Waals surface area contributed by atoms with Crippen molar-refractivity contribution in [2.75, 3.05) is 0 Å². The molecule has 1 aromatic carbocycles. The summed E-state index contributed by atoms with van der Waals surface area (Å²) < 4.78 is 0. The first-order valence-electron chi connectivity index (χ1n) is 8.45. The minimum absolute atomic E-state index is 0.645. The number of rotatable bonds is 5. The van der Waals surface area contributed by atoms with Gasteiger partial charge in [0.05, 0.1) is 5.60 Å².